The van der Waals surface area contributed by atoms with E-state index in [2.05, 4.69) is 0 Å². The second-order valence-electron chi connectivity index (χ2n) is 7.51. The van der Waals surface area contributed by atoms with Gasteiger partial charge >= 0.3 is 5.97 Å². The SMILES string of the molecule is COC1C(C)=C(C(=O)O)C(C)=C(C)C1(C)C=CC(=O)c1ccc(S(C)(=O)=O)cc1. The first kappa shape index (κ1) is 22.8. The number of carbonyl (C=O) groups excluding carboxylic acids is 1. The van der Waals surface area contributed by atoms with Crippen LogP contribution in [0.3, 0.4) is 0 Å². The third-order valence-electron chi connectivity index (χ3n) is 5.68. The first-order chi connectivity index (χ1) is 13.3. The number of rotatable bonds is 6. The van der Waals surface area contributed by atoms with Gasteiger partial charge in [-0.2, -0.15) is 0 Å². The molecule has 0 heterocycles. The van der Waals surface area contributed by atoms with Crippen LogP contribution in [-0.2, 0) is 19.4 Å². The molecule has 0 bridgehead atoms. The summed E-state index contributed by atoms with van der Waals surface area (Å²) in [4.78, 5) is 24.5. The molecule has 156 valence electrons. The fraction of sp³-hybridized carbons (Fsp3) is 0.364. The average molecular weight is 419 g/mol. The van der Waals surface area contributed by atoms with E-state index in [1.54, 1.807) is 19.9 Å². The summed E-state index contributed by atoms with van der Waals surface area (Å²) in [6, 6.07) is 5.75. The lowest BCUT2D eigenvalue weighted by atomic mass is 9.67. The van der Waals surface area contributed by atoms with Crippen LogP contribution in [-0.4, -0.2) is 44.7 Å². The maximum atomic E-state index is 12.6. The van der Waals surface area contributed by atoms with Gasteiger partial charge in [-0.15, -0.1) is 0 Å². The molecule has 1 aromatic carbocycles. The van der Waals surface area contributed by atoms with Gasteiger partial charge in [-0.1, -0.05) is 11.6 Å². The molecule has 1 aromatic rings. The zero-order valence-electron chi connectivity index (χ0n) is 17.4. The van der Waals surface area contributed by atoms with E-state index in [0.29, 0.717) is 16.7 Å². The molecule has 0 amide bonds. The molecule has 2 atom stereocenters. The van der Waals surface area contributed by atoms with Crippen molar-refractivity contribution in [1.82, 2.24) is 0 Å². The lowest BCUT2D eigenvalue weighted by molar-refractivity contribution is -0.132. The highest BCUT2D eigenvalue weighted by atomic mass is 32.2. The van der Waals surface area contributed by atoms with Crippen molar-refractivity contribution in [3.8, 4) is 0 Å². The minimum absolute atomic E-state index is 0.146. The normalized spacial score (nSPS) is 23.0. The van der Waals surface area contributed by atoms with Gasteiger partial charge in [-0.05, 0) is 69.2 Å². The Morgan fingerprint density at radius 2 is 1.69 bits per heavy atom. The Hall–Kier alpha value is -2.51. The summed E-state index contributed by atoms with van der Waals surface area (Å²) in [6.07, 6.45) is 3.73. The number of carboxylic acids is 1. The Balaban J connectivity index is 2.42. The number of benzene rings is 1. The molecule has 0 fully saturated rings. The Morgan fingerprint density at radius 3 is 2.14 bits per heavy atom. The maximum absolute atomic E-state index is 12.6. The van der Waals surface area contributed by atoms with Crippen LogP contribution >= 0.6 is 0 Å². The fourth-order valence-electron chi connectivity index (χ4n) is 3.84. The standard InChI is InChI=1S/C22H26O6S/c1-13-15(3)22(4,20(28-5)14(2)19(13)21(24)25)12-11-18(23)16-7-9-17(10-8-16)29(6,26)27/h7-12,20H,1-6H3,(H,24,25). The molecule has 0 aliphatic heterocycles. The van der Waals surface area contributed by atoms with Crippen molar-refractivity contribution in [2.24, 2.45) is 5.41 Å². The zero-order chi connectivity index (χ0) is 22.1. The van der Waals surface area contributed by atoms with E-state index in [-0.39, 0.29) is 16.3 Å². The van der Waals surface area contributed by atoms with Gasteiger partial charge in [0.2, 0.25) is 0 Å². The van der Waals surface area contributed by atoms with E-state index in [1.807, 2.05) is 13.8 Å². The van der Waals surface area contributed by atoms with Crippen LogP contribution in [0.2, 0.25) is 0 Å². The van der Waals surface area contributed by atoms with Gasteiger partial charge in [0, 0.05) is 24.3 Å². The molecule has 1 aliphatic rings. The molecule has 0 radical (unpaired) electrons. The van der Waals surface area contributed by atoms with Gasteiger partial charge in [0.1, 0.15) is 0 Å². The number of sulfone groups is 1. The van der Waals surface area contributed by atoms with E-state index >= 15 is 0 Å². The third-order valence-corrected chi connectivity index (χ3v) is 6.80. The lowest BCUT2D eigenvalue weighted by Gasteiger charge is -2.41. The Labute approximate surface area is 171 Å². The molecule has 2 rings (SSSR count). The Kier molecular flexibility index (Phi) is 6.35. The maximum Gasteiger partial charge on any atom is 0.335 e. The first-order valence-corrected chi connectivity index (χ1v) is 10.9. The van der Waals surface area contributed by atoms with Crippen LogP contribution in [0.15, 0.2) is 63.6 Å². The van der Waals surface area contributed by atoms with Crippen LogP contribution < -0.4 is 0 Å². The fourth-order valence-corrected chi connectivity index (χ4v) is 4.47. The summed E-state index contributed by atoms with van der Waals surface area (Å²) in [5.41, 5.74) is 1.95. The largest absolute Gasteiger partial charge is 0.478 e. The predicted octanol–water partition coefficient (Wildman–Crippen LogP) is 3.60. The molecule has 6 nitrogen and oxygen atoms in total. The van der Waals surface area contributed by atoms with E-state index in [1.165, 1.54) is 37.5 Å². The number of carbonyl (C=O) groups is 2. The highest BCUT2D eigenvalue weighted by molar-refractivity contribution is 7.90. The molecule has 1 N–H and O–H groups in total. The van der Waals surface area contributed by atoms with Gasteiger partial charge in [-0.25, -0.2) is 13.2 Å². The van der Waals surface area contributed by atoms with Crippen molar-refractivity contribution in [2.75, 3.05) is 13.4 Å². The molecular weight excluding hydrogens is 392 g/mol. The van der Waals surface area contributed by atoms with Gasteiger partial charge in [0.25, 0.3) is 0 Å². The van der Waals surface area contributed by atoms with Crippen LogP contribution in [0.4, 0.5) is 0 Å². The number of allylic oxidation sites excluding steroid dienone is 1. The van der Waals surface area contributed by atoms with Crippen molar-refractivity contribution in [3.05, 3.63) is 64.3 Å². The first-order valence-electron chi connectivity index (χ1n) is 9.03. The smallest absolute Gasteiger partial charge is 0.335 e. The van der Waals surface area contributed by atoms with E-state index in [4.69, 9.17) is 4.74 Å². The quantitative estimate of drug-likeness (QED) is 0.560. The molecule has 0 saturated heterocycles. The number of hydrogen-bond acceptors (Lipinski definition) is 5. The van der Waals surface area contributed by atoms with Gasteiger partial charge in [0.15, 0.2) is 15.6 Å². The van der Waals surface area contributed by atoms with Gasteiger partial charge in [0.05, 0.1) is 16.6 Å². The van der Waals surface area contributed by atoms with Crippen LogP contribution in [0.1, 0.15) is 38.1 Å². The minimum Gasteiger partial charge on any atom is -0.478 e. The van der Waals surface area contributed by atoms with E-state index in [9.17, 15) is 23.1 Å². The van der Waals surface area contributed by atoms with Crippen molar-refractivity contribution >= 4 is 21.6 Å². The summed E-state index contributed by atoms with van der Waals surface area (Å²) in [6.45, 7) is 7.22. The molecule has 1 aliphatic carbocycles. The highest BCUT2D eigenvalue weighted by Gasteiger charge is 2.42. The van der Waals surface area contributed by atoms with Crippen molar-refractivity contribution in [2.45, 2.75) is 38.7 Å². The van der Waals surface area contributed by atoms with Crippen LogP contribution in [0.5, 0.6) is 0 Å². The second-order valence-corrected chi connectivity index (χ2v) is 9.52. The average Bonchev–Trinajstić information content (AvgIpc) is 2.64. The van der Waals surface area contributed by atoms with Crippen LogP contribution in [0, 0.1) is 5.41 Å². The summed E-state index contributed by atoms with van der Waals surface area (Å²) in [5.74, 6) is -1.29. The van der Waals surface area contributed by atoms with Crippen molar-refractivity contribution in [1.29, 1.82) is 0 Å². The number of ether oxygens (including phenoxy) is 1. The van der Waals surface area contributed by atoms with Crippen molar-refractivity contribution < 1.29 is 27.9 Å². The van der Waals surface area contributed by atoms with Gasteiger partial charge < -0.3 is 9.84 Å². The molecule has 2 unspecified atom stereocenters. The molecule has 29 heavy (non-hydrogen) atoms. The second kappa shape index (κ2) is 8.08. The summed E-state index contributed by atoms with van der Waals surface area (Å²) >= 11 is 0. The summed E-state index contributed by atoms with van der Waals surface area (Å²) in [5, 5.41) is 9.56. The lowest BCUT2D eigenvalue weighted by Crippen LogP contribution is -2.39. The Morgan fingerprint density at radius 1 is 1.14 bits per heavy atom. The van der Waals surface area contributed by atoms with E-state index in [0.717, 1.165) is 11.8 Å². The molecule has 7 heteroatoms. The number of aliphatic carboxylic acids is 1. The molecule has 0 spiro atoms. The van der Waals surface area contributed by atoms with E-state index < -0.39 is 27.3 Å². The zero-order valence-corrected chi connectivity index (χ0v) is 18.3. The Bertz CT molecular complexity index is 1040. The number of hydrogen-bond donors (Lipinski definition) is 1. The number of methoxy groups -OCH3 is 1. The molecular formula is C22H26O6S. The third kappa shape index (κ3) is 4.26. The number of ketones is 1. The predicted molar refractivity (Wildman–Crippen MR) is 111 cm³/mol. The topological polar surface area (TPSA) is 97.7 Å². The summed E-state index contributed by atoms with van der Waals surface area (Å²) < 4.78 is 28.8. The molecule has 0 aromatic heterocycles. The van der Waals surface area contributed by atoms with Gasteiger partial charge in [-0.3, -0.25) is 4.79 Å². The monoisotopic (exact) mass is 418 g/mol. The summed E-state index contributed by atoms with van der Waals surface area (Å²) in [7, 11) is -1.82. The molecule has 0 saturated carbocycles. The highest BCUT2D eigenvalue weighted by Crippen LogP contribution is 2.45. The van der Waals surface area contributed by atoms with Crippen molar-refractivity contribution in [3.63, 3.8) is 0 Å². The minimum atomic E-state index is -3.33. The number of carboxylic acid groups (broad SMARTS) is 1. The van der Waals surface area contributed by atoms with Crippen LogP contribution in [0.25, 0.3) is 0 Å².